The Bertz CT molecular complexity index is 742. The highest BCUT2D eigenvalue weighted by Gasteiger charge is 2.17. The predicted molar refractivity (Wildman–Crippen MR) is 106 cm³/mol. The Kier molecular flexibility index (Phi) is 6.40. The van der Waals surface area contributed by atoms with Crippen LogP contribution in [0.1, 0.15) is 40.3 Å². The molecule has 1 amide bonds. The van der Waals surface area contributed by atoms with Gasteiger partial charge in [0.1, 0.15) is 0 Å². The van der Waals surface area contributed by atoms with Crippen LogP contribution in [0, 0.1) is 13.8 Å². The summed E-state index contributed by atoms with van der Waals surface area (Å²) >= 11 is 1.68. The lowest BCUT2D eigenvalue weighted by Gasteiger charge is -2.29. The number of aromatic nitrogens is 1. The number of nitrogens with zero attached hydrogens (tertiary/aromatic N) is 2. The number of carbonyl (C=O) groups is 1. The van der Waals surface area contributed by atoms with Gasteiger partial charge in [-0.3, -0.25) is 4.79 Å². The molecule has 5 nitrogen and oxygen atoms in total. The van der Waals surface area contributed by atoms with Crippen LogP contribution in [0.2, 0.25) is 0 Å². The van der Waals surface area contributed by atoms with E-state index in [1.807, 2.05) is 38.1 Å². The zero-order valence-electron chi connectivity index (χ0n) is 15.5. The van der Waals surface area contributed by atoms with Crippen LogP contribution in [-0.4, -0.2) is 53.2 Å². The highest BCUT2D eigenvalue weighted by Crippen LogP contribution is 2.29. The molecule has 1 aromatic heterocycles. The van der Waals surface area contributed by atoms with E-state index in [-0.39, 0.29) is 12.0 Å². The minimum atomic E-state index is -0.192. The maximum Gasteiger partial charge on any atom is 0.251 e. The molecule has 26 heavy (non-hydrogen) atoms. The summed E-state index contributed by atoms with van der Waals surface area (Å²) in [4.78, 5) is 20.2. The lowest BCUT2D eigenvalue weighted by atomic mass is 10.1. The van der Waals surface area contributed by atoms with Crippen molar-refractivity contribution in [3.05, 3.63) is 40.5 Å². The third kappa shape index (κ3) is 4.90. The minimum absolute atomic E-state index is 0.0348. The van der Waals surface area contributed by atoms with Crippen molar-refractivity contribution < 1.29 is 9.90 Å². The number of amides is 1. The number of β-amino-alcohol motifs (C(OH)–C–C–N with tert-alkyl or cyclic N) is 1. The summed E-state index contributed by atoms with van der Waals surface area (Å²) in [5.41, 5.74) is 2.82. The molecule has 1 fully saturated rings. The van der Waals surface area contributed by atoms with Crippen molar-refractivity contribution in [2.24, 2.45) is 0 Å². The van der Waals surface area contributed by atoms with Gasteiger partial charge in [-0.05, 0) is 63.9 Å². The van der Waals surface area contributed by atoms with Crippen LogP contribution in [0.25, 0.3) is 10.4 Å². The average molecular weight is 374 g/mol. The monoisotopic (exact) mass is 373 g/mol. The molecule has 140 valence electrons. The Morgan fingerprint density at radius 1 is 1.35 bits per heavy atom. The fourth-order valence-electron chi connectivity index (χ4n) is 3.41. The first-order valence-electron chi connectivity index (χ1n) is 9.26. The van der Waals surface area contributed by atoms with E-state index in [9.17, 15) is 9.90 Å². The van der Waals surface area contributed by atoms with Gasteiger partial charge in [0.25, 0.3) is 5.91 Å². The van der Waals surface area contributed by atoms with Crippen LogP contribution >= 0.6 is 11.3 Å². The molecule has 2 aromatic rings. The van der Waals surface area contributed by atoms with Gasteiger partial charge in [-0.2, -0.15) is 0 Å². The van der Waals surface area contributed by atoms with Gasteiger partial charge >= 0.3 is 0 Å². The minimum Gasteiger partial charge on any atom is -0.392 e. The third-order valence-corrected chi connectivity index (χ3v) is 5.85. The van der Waals surface area contributed by atoms with Crippen molar-refractivity contribution >= 4 is 17.2 Å². The highest BCUT2D eigenvalue weighted by atomic mass is 32.1. The molecule has 0 aliphatic carbocycles. The van der Waals surface area contributed by atoms with E-state index < -0.39 is 0 Å². The number of likely N-dealkylation sites (tertiary alicyclic amines) is 1. The molecule has 1 aliphatic heterocycles. The Morgan fingerprint density at radius 3 is 2.77 bits per heavy atom. The van der Waals surface area contributed by atoms with Crippen LogP contribution in [0.15, 0.2) is 24.3 Å². The van der Waals surface area contributed by atoms with Gasteiger partial charge in [0.05, 0.1) is 21.7 Å². The van der Waals surface area contributed by atoms with Crippen molar-refractivity contribution in [1.82, 2.24) is 15.2 Å². The maximum atomic E-state index is 12.3. The second-order valence-corrected chi connectivity index (χ2v) is 8.13. The zero-order chi connectivity index (χ0) is 18.5. The Hall–Kier alpha value is -1.76. The van der Waals surface area contributed by atoms with Crippen molar-refractivity contribution in [2.75, 3.05) is 26.2 Å². The number of thiazole rings is 1. The summed E-state index contributed by atoms with van der Waals surface area (Å²) in [6.45, 7) is 7.39. The number of aliphatic hydroxyl groups excluding tert-OH is 1. The molecule has 0 bridgehead atoms. The third-order valence-electron chi connectivity index (χ3n) is 4.73. The summed E-state index contributed by atoms with van der Waals surface area (Å²) in [6.07, 6.45) is 2.67. The smallest absolute Gasteiger partial charge is 0.251 e. The molecule has 1 saturated heterocycles. The molecule has 0 saturated carbocycles. The molecule has 1 aromatic carbocycles. The zero-order valence-corrected chi connectivity index (χ0v) is 16.3. The molecule has 1 unspecified atom stereocenters. The second-order valence-electron chi connectivity index (χ2n) is 6.93. The van der Waals surface area contributed by atoms with E-state index in [2.05, 4.69) is 15.2 Å². The van der Waals surface area contributed by atoms with E-state index in [4.69, 9.17) is 0 Å². The van der Waals surface area contributed by atoms with Gasteiger partial charge in [-0.15, -0.1) is 11.3 Å². The molecule has 0 radical (unpaired) electrons. The molecular weight excluding hydrogens is 346 g/mol. The normalized spacial score (nSPS) is 18.0. The van der Waals surface area contributed by atoms with Crippen molar-refractivity contribution in [3.8, 4) is 10.4 Å². The number of benzene rings is 1. The summed E-state index contributed by atoms with van der Waals surface area (Å²) in [7, 11) is 0. The van der Waals surface area contributed by atoms with Crippen molar-refractivity contribution in [3.63, 3.8) is 0 Å². The molecular formula is C20H27N3O2S. The molecule has 3 rings (SSSR count). The van der Waals surface area contributed by atoms with Gasteiger partial charge < -0.3 is 15.3 Å². The van der Waals surface area contributed by atoms with Crippen LogP contribution < -0.4 is 5.32 Å². The van der Waals surface area contributed by atoms with Crippen LogP contribution in [0.4, 0.5) is 0 Å². The largest absolute Gasteiger partial charge is 0.392 e. The number of hydrogen-bond donors (Lipinski definition) is 2. The Labute approximate surface area is 159 Å². The fourth-order valence-corrected chi connectivity index (χ4v) is 4.34. The molecule has 6 heteroatoms. The van der Waals surface area contributed by atoms with E-state index in [0.717, 1.165) is 60.0 Å². The van der Waals surface area contributed by atoms with Crippen molar-refractivity contribution in [2.45, 2.75) is 39.2 Å². The van der Waals surface area contributed by atoms with Gasteiger partial charge in [0.15, 0.2) is 0 Å². The standard InChI is InChI=1S/C20H27N3O2S/c1-14-19(26-15(2)22-14)16-6-8-17(9-7-16)20(25)21-10-4-12-23-11-3-5-18(24)13-23/h6-9,18,24H,3-5,10-13H2,1-2H3,(H,21,25). The number of rotatable bonds is 6. The fraction of sp³-hybridized carbons (Fsp3) is 0.500. The SMILES string of the molecule is Cc1nc(C)c(-c2ccc(C(=O)NCCCN3CCCC(O)C3)cc2)s1. The van der Waals surface area contributed by atoms with E-state index in [0.29, 0.717) is 12.1 Å². The quantitative estimate of drug-likeness (QED) is 0.764. The van der Waals surface area contributed by atoms with Crippen LogP contribution in [0.3, 0.4) is 0 Å². The van der Waals surface area contributed by atoms with Gasteiger partial charge in [0.2, 0.25) is 0 Å². The average Bonchev–Trinajstić information content (AvgIpc) is 2.97. The summed E-state index contributed by atoms with van der Waals surface area (Å²) in [5.74, 6) is -0.0348. The van der Waals surface area contributed by atoms with Crippen molar-refractivity contribution in [1.29, 1.82) is 0 Å². The molecule has 2 N–H and O–H groups in total. The summed E-state index contributed by atoms with van der Waals surface area (Å²) < 4.78 is 0. The lowest BCUT2D eigenvalue weighted by molar-refractivity contribution is 0.0697. The highest BCUT2D eigenvalue weighted by molar-refractivity contribution is 7.15. The maximum absolute atomic E-state index is 12.3. The number of aryl methyl sites for hydroxylation is 2. The number of piperidine rings is 1. The number of aliphatic hydroxyl groups is 1. The van der Waals surface area contributed by atoms with E-state index >= 15 is 0 Å². The number of carbonyl (C=O) groups excluding carboxylic acids is 1. The topological polar surface area (TPSA) is 65.5 Å². The van der Waals surface area contributed by atoms with Gasteiger partial charge in [0, 0.05) is 18.7 Å². The Morgan fingerprint density at radius 2 is 2.12 bits per heavy atom. The summed E-state index contributed by atoms with van der Waals surface area (Å²) in [5, 5.41) is 13.7. The number of nitrogens with one attached hydrogen (secondary N) is 1. The first-order chi connectivity index (χ1) is 12.5. The Balaban J connectivity index is 1.47. The summed E-state index contributed by atoms with van der Waals surface area (Å²) in [6, 6.07) is 7.73. The van der Waals surface area contributed by atoms with Gasteiger partial charge in [-0.25, -0.2) is 4.98 Å². The molecule has 2 heterocycles. The first-order valence-corrected chi connectivity index (χ1v) is 10.1. The molecule has 1 atom stereocenters. The molecule has 1 aliphatic rings. The number of hydrogen-bond acceptors (Lipinski definition) is 5. The predicted octanol–water partition coefficient (Wildman–Crippen LogP) is 3.00. The second kappa shape index (κ2) is 8.75. The van der Waals surface area contributed by atoms with E-state index in [1.54, 1.807) is 11.3 Å². The van der Waals surface area contributed by atoms with E-state index in [1.165, 1.54) is 0 Å². The lowest BCUT2D eigenvalue weighted by Crippen LogP contribution is -2.39. The van der Waals surface area contributed by atoms with Crippen LogP contribution in [0.5, 0.6) is 0 Å². The van der Waals surface area contributed by atoms with Gasteiger partial charge in [-0.1, -0.05) is 12.1 Å². The van der Waals surface area contributed by atoms with Crippen LogP contribution in [-0.2, 0) is 0 Å². The molecule has 0 spiro atoms. The first kappa shape index (κ1) is 19.0.